The third-order valence-electron chi connectivity index (χ3n) is 5.06. The highest BCUT2D eigenvalue weighted by Gasteiger charge is 2.36. The van der Waals surface area contributed by atoms with Crippen LogP contribution in [0.3, 0.4) is 0 Å². The fourth-order valence-corrected chi connectivity index (χ4v) is 4.06. The van der Waals surface area contributed by atoms with Gasteiger partial charge in [0.1, 0.15) is 6.54 Å². The average molecular weight is 546 g/mol. The van der Waals surface area contributed by atoms with Crippen molar-refractivity contribution in [3.63, 3.8) is 0 Å². The van der Waals surface area contributed by atoms with E-state index in [9.17, 15) is 34.6 Å². The van der Waals surface area contributed by atoms with Gasteiger partial charge in [-0.25, -0.2) is 0 Å². The highest BCUT2D eigenvalue weighted by molar-refractivity contribution is 8.18. The molecule has 1 saturated heterocycles. The number of imide groups is 1. The number of carbonyl (C=O) groups excluding carboxylic acids is 3. The maximum absolute atomic E-state index is 12.7. The van der Waals surface area contributed by atoms with Gasteiger partial charge in [0.25, 0.3) is 16.8 Å². The molecule has 3 rings (SSSR count). The number of nitrogens with zero attached hydrogens (tertiary/aromatic N) is 3. The van der Waals surface area contributed by atoms with Crippen molar-refractivity contribution in [2.45, 2.75) is 26.7 Å². The van der Waals surface area contributed by atoms with Crippen LogP contribution in [0.25, 0.3) is 6.08 Å². The summed E-state index contributed by atoms with van der Waals surface area (Å²) in [6.45, 7) is 3.56. The summed E-state index contributed by atoms with van der Waals surface area (Å²) in [6.07, 6.45) is 2.94. The van der Waals surface area contributed by atoms with Crippen molar-refractivity contribution in [1.29, 1.82) is 0 Å². The molecule has 0 saturated carbocycles. The minimum atomic E-state index is -0.799. The van der Waals surface area contributed by atoms with Gasteiger partial charge in [0.2, 0.25) is 5.75 Å². The molecule has 2 aromatic carbocycles. The summed E-state index contributed by atoms with van der Waals surface area (Å²) in [4.78, 5) is 58.7. The van der Waals surface area contributed by atoms with E-state index >= 15 is 0 Å². The van der Waals surface area contributed by atoms with Gasteiger partial charge in [-0.05, 0) is 54.9 Å². The topological polar surface area (TPSA) is 168 Å². The highest BCUT2D eigenvalue weighted by atomic mass is 32.2. The predicted molar refractivity (Wildman–Crippen MR) is 136 cm³/mol. The van der Waals surface area contributed by atoms with Crippen LogP contribution in [0, 0.1) is 20.2 Å². The summed E-state index contributed by atoms with van der Waals surface area (Å²) in [5.74, 6) is -1.30. The van der Waals surface area contributed by atoms with Crippen LogP contribution in [-0.2, 0) is 14.3 Å². The normalized spacial score (nSPS) is 14.1. The lowest BCUT2D eigenvalue weighted by Crippen LogP contribution is -2.34. The number of nitro benzene ring substituents is 2. The lowest BCUT2D eigenvalue weighted by atomic mass is 10.1. The summed E-state index contributed by atoms with van der Waals surface area (Å²) < 4.78 is 16.3. The van der Waals surface area contributed by atoms with E-state index in [1.807, 2.05) is 6.92 Å². The maximum Gasteiger partial charge on any atom is 0.326 e. The number of thioether (sulfide) groups is 1. The summed E-state index contributed by atoms with van der Waals surface area (Å²) in [7, 11) is 0. The zero-order valence-electron chi connectivity index (χ0n) is 20.4. The summed E-state index contributed by atoms with van der Waals surface area (Å²) >= 11 is 0.670. The van der Waals surface area contributed by atoms with E-state index < -0.39 is 44.9 Å². The molecule has 1 fully saturated rings. The van der Waals surface area contributed by atoms with E-state index in [-0.39, 0.29) is 35.4 Å². The number of benzene rings is 2. The van der Waals surface area contributed by atoms with Gasteiger partial charge < -0.3 is 14.2 Å². The van der Waals surface area contributed by atoms with E-state index in [4.69, 9.17) is 14.2 Å². The van der Waals surface area contributed by atoms with Crippen molar-refractivity contribution < 1.29 is 38.4 Å². The predicted octanol–water partition coefficient (Wildman–Crippen LogP) is 5.07. The zero-order valence-corrected chi connectivity index (χ0v) is 21.2. The van der Waals surface area contributed by atoms with Crippen molar-refractivity contribution in [2.75, 3.05) is 19.8 Å². The Labute approximate surface area is 220 Å². The summed E-state index contributed by atoms with van der Waals surface area (Å²) in [5, 5.41) is 21.8. The van der Waals surface area contributed by atoms with E-state index in [1.165, 1.54) is 24.3 Å². The monoisotopic (exact) mass is 545 g/mol. The first-order chi connectivity index (χ1) is 18.1. The number of nitro groups is 2. The van der Waals surface area contributed by atoms with E-state index in [2.05, 4.69) is 0 Å². The Morgan fingerprint density at radius 1 is 1.03 bits per heavy atom. The van der Waals surface area contributed by atoms with Crippen molar-refractivity contribution in [2.24, 2.45) is 0 Å². The molecule has 0 unspecified atom stereocenters. The molecule has 0 N–H and O–H groups in total. The van der Waals surface area contributed by atoms with E-state index in [1.54, 1.807) is 6.92 Å². The van der Waals surface area contributed by atoms with Gasteiger partial charge in [-0.1, -0.05) is 19.4 Å². The molecular weight excluding hydrogens is 522 g/mol. The van der Waals surface area contributed by atoms with Gasteiger partial charge in [-0.2, -0.15) is 0 Å². The number of unbranched alkanes of at least 4 members (excludes halogenated alkanes) is 1. The van der Waals surface area contributed by atoms with Crippen LogP contribution < -0.4 is 9.47 Å². The minimum absolute atomic E-state index is 0.0819. The average Bonchev–Trinajstić information content (AvgIpc) is 3.13. The molecule has 0 atom stereocenters. The van der Waals surface area contributed by atoms with Crippen LogP contribution in [-0.4, -0.2) is 51.6 Å². The Morgan fingerprint density at radius 2 is 1.76 bits per heavy atom. The number of non-ortho nitro benzene ring substituents is 1. The summed E-state index contributed by atoms with van der Waals surface area (Å²) in [6, 6.07) is 7.46. The van der Waals surface area contributed by atoms with Gasteiger partial charge in [0.15, 0.2) is 11.5 Å². The molecule has 1 aliphatic rings. The standard InChI is InChI=1S/C24H23N3O10S/c1-3-5-10-36-22(28)14-25-23(29)21(38-24(25)30)12-15-6-8-19(20(11-15)35-4-2)37-18-9-7-16(26(31)32)13-17(18)27(33)34/h6-9,11-13H,3-5,10,14H2,1-2H3/b21-12+. The number of hydrogen-bond acceptors (Lipinski definition) is 11. The van der Waals surface area contributed by atoms with Crippen LogP contribution in [0.1, 0.15) is 32.3 Å². The van der Waals surface area contributed by atoms with Crippen LogP contribution >= 0.6 is 11.8 Å². The van der Waals surface area contributed by atoms with Gasteiger partial charge in [0, 0.05) is 6.07 Å². The van der Waals surface area contributed by atoms with Gasteiger partial charge in [0.05, 0.1) is 34.0 Å². The molecular formula is C24H23N3O10S. The molecule has 1 aliphatic heterocycles. The quantitative estimate of drug-likeness (QED) is 0.115. The molecule has 0 aromatic heterocycles. The third-order valence-corrected chi connectivity index (χ3v) is 5.96. The fraction of sp³-hybridized carbons (Fsp3) is 0.292. The molecule has 0 bridgehead atoms. The molecule has 38 heavy (non-hydrogen) atoms. The zero-order chi connectivity index (χ0) is 27.8. The Bertz CT molecular complexity index is 1310. The maximum atomic E-state index is 12.7. The minimum Gasteiger partial charge on any atom is -0.490 e. The Morgan fingerprint density at radius 3 is 2.42 bits per heavy atom. The second-order valence-electron chi connectivity index (χ2n) is 7.75. The molecule has 2 aromatic rings. The van der Waals surface area contributed by atoms with Gasteiger partial charge >= 0.3 is 11.7 Å². The molecule has 0 aliphatic carbocycles. The molecule has 1 heterocycles. The number of amides is 2. The molecule has 2 amide bonds. The van der Waals surface area contributed by atoms with Crippen LogP contribution in [0.2, 0.25) is 0 Å². The van der Waals surface area contributed by atoms with E-state index in [0.29, 0.717) is 23.7 Å². The van der Waals surface area contributed by atoms with Gasteiger partial charge in [-0.15, -0.1) is 0 Å². The number of carbonyl (C=O) groups is 3. The number of rotatable bonds is 12. The highest BCUT2D eigenvalue weighted by Crippen LogP contribution is 2.39. The number of ether oxygens (including phenoxy) is 3. The second-order valence-corrected chi connectivity index (χ2v) is 8.74. The Hall–Kier alpha value is -4.46. The molecule has 0 radical (unpaired) electrons. The Balaban J connectivity index is 1.83. The summed E-state index contributed by atoms with van der Waals surface area (Å²) in [5.41, 5.74) is -0.616. The molecule has 200 valence electrons. The molecule has 0 spiro atoms. The van der Waals surface area contributed by atoms with Crippen molar-refractivity contribution in [1.82, 2.24) is 4.90 Å². The molecule has 14 heteroatoms. The van der Waals surface area contributed by atoms with Crippen LogP contribution in [0.4, 0.5) is 16.2 Å². The van der Waals surface area contributed by atoms with E-state index in [0.717, 1.165) is 29.5 Å². The third kappa shape index (κ3) is 6.85. The number of hydrogen-bond donors (Lipinski definition) is 0. The first-order valence-corrected chi connectivity index (χ1v) is 12.2. The first-order valence-electron chi connectivity index (χ1n) is 11.4. The van der Waals surface area contributed by atoms with Crippen molar-refractivity contribution in [3.05, 3.63) is 67.1 Å². The first kappa shape index (κ1) is 28.1. The molecule has 13 nitrogen and oxygen atoms in total. The Kier molecular flexibility index (Phi) is 9.38. The second kappa shape index (κ2) is 12.7. The number of esters is 1. The van der Waals surface area contributed by atoms with Crippen molar-refractivity contribution >= 4 is 46.3 Å². The van der Waals surface area contributed by atoms with Crippen molar-refractivity contribution in [3.8, 4) is 17.2 Å². The van der Waals surface area contributed by atoms with Crippen LogP contribution in [0.15, 0.2) is 41.3 Å². The lowest BCUT2D eigenvalue weighted by molar-refractivity contribution is -0.394. The SMILES string of the molecule is CCCCOC(=O)CN1C(=O)S/C(=C/c2ccc(Oc3ccc([N+](=O)[O-])cc3[N+](=O)[O-])c(OCC)c2)C1=O. The smallest absolute Gasteiger partial charge is 0.326 e. The largest absolute Gasteiger partial charge is 0.490 e. The fourth-order valence-electron chi connectivity index (χ4n) is 3.23. The lowest BCUT2D eigenvalue weighted by Gasteiger charge is -2.13. The van der Waals surface area contributed by atoms with Crippen LogP contribution in [0.5, 0.6) is 17.2 Å². The van der Waals surface area contributed by atoms with Gasteiger partial charge in [-0.3, -0.25) is 39.5 Å².